The van der Waals surface area contributed by atoms with Crippen molar-refractivity contribution < 1.29 is 4.79 Å². The Morgan fingerprint density at radius 2 is 2.14 bits per heavy atom. The summed E-state index contributed by atoms with van der Waals surface area (Å²) in [5.74, 6) is 1.48. The molecule has 82 valence electrons. The van der Waals surface area contributed by atoms with Gasteiger partial charge in [-0.25, -0.2) is 0 Å². The van der Waals surface area contributed by atoms with Crippen molar-refractivity contribution in [1.29, 1.82) is 0 Å². The molecule has 3 nitrogen and oxygen atoms in total. The van der Waals surface area contributed by atoms with E-state index in [9.17, 15) is 4.79 Å². The zero-order valence-corrected chi connectivity index (χ0v) is 9.71. The Bertz CT molecular complexity index is 203. The Morgan fingerprint density at radius 1 is 1.50 bits per heavy atom. The quantitative estimate of drug-likeness (QED) is 0.736. The van der Waals surface area contributed by atoms with E-state index in [1.54, 1.807) is 6.92 Å². The van der Waals surface area contributed by atoms with Gasteiger partial charge in [-0.3, -0.25) is 4.79 Å². The van der Waals surface area contributed by atoms with Crippen LogP contribution in [0.3, 0.4) is 0 Å². The van der Waals surface area contributed by atoms with Crippen molar-refractivity contribution in [2.24, 2.45) is 11.8 Å². The van der Waals surface area contributed by atoms with Crippen LogP contribution in [0.15, 0.2) is 0 Å². The molecule has 0 aromatic rings. The van der Waals surface area contributed by atoms with Crippen LogP contribution in [0.4, 0.5) is 0 Å². The molecule has 0 bridgehead atoms. The first kappa shape index (κ1) is 11.5. The summed E-state index contributed by atoms with van der Waals surface area (Å²) in [6, 6.07) is 0.541. The molecule has 0 spiro atoms. The van der Waals surface area contributed by atoms with E-state index in [2.05, 4.69) is 19.2 Å². The fourth-order valence-electron chi connectivity index (χ4n) is 2.48. The molecule has 1 fully saturated rings. The van der Waals surface area contributed by atoms with Gasteiger partial charge in [-0.15, -0.1) is 0 Å². The van der Waals surface area contributed by atoms with Gasteiger partial charge in [-0.2, -0.15) is 0 Å². The van der Waals surface area contributed by atoms with Crippen LogP contribution in [0.5, 0.6) is 0 Å². The average molecular weight is 198 g/mol. The van der Waals surface area contributed by atoms with E-state index in [0.717, 1.165) is 19.5 Å². The maximum Gasteiger partial charge on any atom is 0.219 e. The Labute approximate surface area is 86.9 Å². The first-order valence-corrected chi connectivity index (χ1v) is 5.49. The predicted molar refractivity (Wildman–Crippen MR) is 58.0 cm³/mol. The van der Waals surface area contributed by atoms with Gasteiger partial charge in [0, 0.05) is 26.1 Å². The predicted octanol–water partition coefficient (Wildman–Crippen LogP) is 1.10. The minimum absolute atomic E-state index is 0.214. The number of carbonyl (C=O) groups excluding carboxylic acids is 1. The van der Waals surface area contributed by atoms with Crippen LogP contribution < -0.4 is 5.32 Å². The van der Waals surface area contributed by atoms with E-state index in [4.69, 9.17) is 0 Å². The van der Waals surface area contributed by atoms with Gasteiger partial charge < -0.3 is 10.2 Å². The number of amides is 1. The van der Waals surface area contributed by atoms with Gasteiger partial charge in [-0.1, -0.05) is 13.8 Å². The molecule has 0 radical (unpaired) electrons. The van der Waals surface area contributed by atoms with Crippen molar-refractivity contribution in [3.8, 4) is 0 Å². The van der Waals surface area contributed by atoms with Crippen molar-refractivity contribution in [3.63, 3.8) is 0 Å². The highest BCUT2D eigenvalue weighted by molar-refractivity contribution is 5.73. The third-order valence-electron chi connectivity index (χ3n) is 3.23. The van der Waals surface area contributed by atoms with Crippen LogP contribution in [0.2, 0.25) is 0 Å². The lowest BCUT2D eigenvalue weighted by molar-refractivity contribution is -0.127. The number of rotatable bonds is 3. The molecule has 1 saturated heterocycles. The summed E-state index contributed by atoms with van der Waals surface area (Å²) in [5.41, 5.74) is 0. The van der Waals surface area contributed by atoms with Gasteiger partial charge in [0.2, 0.25) is 5.91 Å². The van der Waals surface area contributed by atoms with Gasteiger partial charge in [0.05, 0.1) is 0 Å². The number of likely N-dealkylation sites (tertiary alicyclic amines) is 1. The van der Waals surface area contributed by atoms with Crippen LogP contribution in [0.1, 0.15) is 27.2 Å². The third-order valence-corrected chi connectivity index (χ3v) is 3.23. The number of hydrogen-bond acceptors (Lipinski definition) is 2. The third kappa shape index (κ3) is 2.47. The fourth-order valence-corrected chi connectivity index (χ4v) is 2.48. The fraction of sp³-hybridized carbons (Fsp3) is 0.909. The van der Waals surface area contributed by atoms with Crippen molar-refractivity contribution in [3.05, 3.63) is 0 Å². The summed E-state index contributed by atoms with van der Waals surface area (Å²) in [6.07, 6.45) is 1.14. The molecule has 0 aromatic heterocycles. The van der Waals surface area contributed by atoms with Gasteiger partial charge in [-0.05, 0) is 25.3 Å². The molecular weight excluding hydrogens is 176 g/mol. The minimum atomic E-state index is 0.214. The molecule has 0 saturated carbocycles. The molecule has 14 heavy (non-hydrogen) atoms. The van der Waals surface area contributed by atoms with Gasteiger partial charge in [0.1, 0.15) is 0 Å². The maximum atomic E-state index is 11.2. The van der Waals surface area contributed by atoms with Crippen LogP contribution in [0, 0.1) is 11.8 Å². The summed E-state index contributed by atoms with van der Waals surface area (Å²) in [6.45, 7) is 7.99. The molecule has 2 atom stereocenters. The summed E-state index contributed by atoms with van der Waals surface area (Å²) < 4.78 is 0. The highest BCUT2D eigenvalue weighted by Crippen LogP contribution is 2.23. The number of carbonyl (C=O) groups is 1. The smallest absolute Gasteiger partial charge is 0.219 e. The molecule has 1 aliphatic rings. The van der Waals surface area contributed by atoms with Crippen LogP contribution in [-0.4, -0.2) is 37.0 Å². The second kappa shape index (κ2) is 4.78. The van der Waals surface area contributed by atoms with Gasteiger partial charge in [0.15, 0.2) is 0 Å². The van der Waals surface area contributed by atoms with E-state index in [0.29, 0.717) is 17.9 Å². The standard InChI is InChI=1S/C11H22N2O/c1-8(2)11(12-4)10-5-6-13(7-10)9(3)14/h8,10-12H,5-7H2,1-4H3. The topological polar surface area (TPSA) is 32.3 Å². The van der Waals surface area contributed by atoms with E-state index in [1.807, 2.05) is 11.9 Å². The highest BCUT2D eigenvalue weighted by atomic mass is 16.2. The number of hydrogen-bond donors (Lipinski definition) is 1. The first-order valence-electron chi connectivity index (χ1n) is 5.49. The SMILES string of the molecule is CNC(C(C)C)C1CCN(C(C)=O)C1. The van der Waals surface area contributed by atoms with E-state index < -0.39 is 0 Å². The van der Waals surface area contributed by atoms with Crippen LogP contribution in [-0.2, 0) is 4.79 Å². The highest BCUT2D eigenvalue weighted by Gasteiger charge is 2.31. The molecule has 2 unspecified atom stereocenters. The lowest BCUT2D eigenvalue weighted by Gasteiger charge is -2.26. The molecule has 1 rings (SSSR count). The maximum absolute atomic E-state index is 11.2. The Kier molecular flexibility index (Phi) is 3.93. The van der Waals surface area contributed by atoms with Crippen molar-refractivity contribution >= 4 is 5.91 Å². The zero-order valence-electron chi connectivity index (χ0n) is 9.71. The van der Waals surface area contributed by atoms with E-state index in [-0.39, 0.29) is 5.91 Å². The molecule has 0 aromatic carbocycles. The molecule has 1 aliphatic heterocycles. The molecule has 1 N–H and O–H groups in total. The van der Waals surface area contributed by atoms with E-state index in [1.165, 1.54) is 0 Å². The molecule has 1 heterocycles. The van der Waals surface area contributed by atoms with Crippen molar-refractivity contribution in [2.45, 2.75) is 33.2 Å². The Morgan fingerprint density at radius 3 is 2.50 bits per heavy atom. The monoisotopic (exact) mass is 198 g/mol. The van der Waals surface area contributed by atoms with Gasteiger partial charge in [0.25, 0.3) is 0 Å². The summed E-state index contributed by atoms with van der Waals surface area (Å²) in [4.78, 5) is 13.1. The number of nitrogens with zero attached hydrogens (tertiary/aromatic N) is 1. The molecule has 0 aliphatic carbocycles. The second-order valence-corrected chi connectivity index (χ2v) is 4.57. The van der Waals surface area contributed by atoms with E-state index >= 15 is 0 Å². The van der Waals surface area contributed by atoms with Crippen LogP contribution >= 0.6 is 0 Å². The minimum Gasteiger partial charge on any atom is -0.343 e. The first-order chi connectivity index (χ1) is 6.56. The Balaban J connectivity index is 2.51. The zero-order chi connectivity index (χ0) is 10.7. The molecule has 1 amide bonds. The van der Waals surface area contributed by atoms with Crippen molar-refractivity contribution in [2.75, 3.05) is 20.1 Å². The second-order valence-electron chi connectivity index (χ2n) is 4.57. The van der Waals surface area contributed by atoms with Gasteiger partial charge >= 0.3 is 0 Å². The summed E-state index contributed by atoms with van der Waals surface area (Å²) >= 11 is 0. The summed E-state index contributed by atoms with van der Waals surface area (Å²) in [5, 5.41) is 3.36. The molecular formula is C11H22N2O. The number of nitrogens with one attached hydrogen (secondary N) is 1. The normalized spacial score (nSPS) is 24.4. The summed E-state index contributed by atoms with van der Waals surface area (Å²) in [7, 11) is 2.01. The Hall–Kier alpha value is -0.570. The van der Waals surface area contributed by atoms with Crippen LogP contribution in [0.25, 0.3) is 0 Å². The molecule has 3 heteroatoms. The largest absolute Gasteiger partial charge is 0.343 e. The lowest BCUT2D eigenvalue weighted by Crippen LogP contribution is -2.40. The average Bonchev–Trinajstić information content (AvgIpc) is 2.53. The lowest BCUT2D eigenvalue weighted by atomic mass is 9.90. The van der Waals surface area contributed by atoms with Crippen molar-refractivity contribution in [1.82, 2.24) is 10.2 Å².